The van der Waals surface area contributed by atoms with Gasteiger partial charge in [-0.15, -0.1) is 11.8 Å². The quantitative estimate of drug-likeness (QED) is 0.558. The van der Waals surface area contributed by atoms with Gasteiger partial charge in [0.2, 0.25) is 0 Å². The van der Waals surface area contributed by atoms with Gasteiger partial charge in [-0.2, -0.15) is 5.10 Å². The Morgan fingerprint density at radius 2 is 2.33 bits per heavy atom. The summed E-state index contributed by atoms with van der Waals surface area (Å²) < 4.78 is 6.82. The van der Waals surface area contributed by atoms with Crippen molar-refractivity contribution >= 4 is 22.8 Å². The van der Waals surface area contributed by atoms with E-state index in [-0.39, 0.29) is 19.9 Å². The van der Waals surface area contributed by atoms with Crippen molar-refractivity contribution in [1.29, 1.82) is 0 Å². The smallest absolute Gasteiger partial charge is 0.164 e. The van der Waals surface area contributed by atoms with E-state index in [1.54, 1.807) is 10.9 Å². The molecule has 0 spiro atoms. The van der Waals surface area contributed by atoms with Crippen LogP contribution in [0.2, 0.25) is 0 Å². The Morgan fingerprint density at radius 3 is 3.06 bits per heavy atom. The summed E-state index contributed by atoms with van der Waals surface area (Å²) in [5, 5.41) is 23.7. The highest BCUT2D eigenvalue weighted by Gasteiger charge is 2.09. The number of hydrogen-bond acceptors (Lipinski definition) is 7. The molecule has 0 saturated heterocycles. The van der Waals surface area contributed by atoms with Crippen LogP contribution < -0.4 is 0 Å². The van der Waals surface area contributed by atoms with Crippen LogP contribution in [0.4, 0.5) is 0 Å². The van der Waals surface area contributed by atoms with Crippen molar-refractivity contribution < 1.29 is 14.9 Å². The van der Waals surface area contributed by atoms with Gasteiger partial charge >= 0.3 is 0 Å². The monoisotopic (exact) mass is 270 g/mol. The fraction of sp³-hybridized carbons (Fsp3) is 0.500. The highest BCUT2D eigenvalue weighted by Crippen LogP contribution is 2.21. The van der Waals surface area contributed by atoms with Crippen LogP contribution in [-0.4, -0.2) is 55.5 Å². The van der Waals surface area contributed by atoms with E-state index in [9.17, 15) is 0 Å². The summed E-state index contributed by atoms with van der Waals surface area (Å²) in [6.07, 6.45) is 4.23. The van der Waals surface area contributed by atoms with Crippen molar-refractivity contribution in [3.63, 3.8) is 0 Å². The first kappa shape index (κ1) is 13.2. The van der Waals surface area contributed by atoms with Gasteiger partial charge in [0.1, 0.15) is 24.2 Å². The maximum Gasteiger partial charge on any atom is 0.164 e. The van der Waals surface area contributed by atoms with Crippen LogP contribution in [0.25, 0.3) is 11.0 Å². The van der Waals surface area contributed by atoms with E-state index in [4.69, 9.17) is 14.9 Å². The topological polar surface area (TPSA) is 93.3 Å². The van der Waals surface area contributed by atoms with Crippen molar-refractivity contribution in [3.8, 4) is 0 Å². The molecule has 2 rings (SSSR count). The maximum atomic E-state index is 9.15. The molecule has 0 bridgehead atoms. The number of aliphatic hydroxyl groups excluding tert-OH is 2. The molecule has 0 aliphatic carbocycles. The average Bonchev–Trinajstić information content (AvgIpc) is 2.82. The fourth-order valence-corrected chi connectivity index (χ4v) is 1.97. The van der Waals surface area contributed by atoms with Crippen LogP contribution >= 0.6 is 11.8 Å². The summed E-state index contributed by atoms with van der Waals surface area (Å²) in [6.45, 7) is -0.0949. The van der Waals surface area contributed by atoms with Crippen LogP contribution in [0, 0.1) is 0 Å². The predicted octanol–water partition coefficient (Wildman–Crippen LogP) is -0.125. The minimum atomic E-state index is -0.872. The van der Waals surface area contributed by atoms with E-state index < -0.39 is 6.10 Å². The van der Waals surface area contributed by atoms with Gasteiger partial charge < -0.3 is 14.9 Å². The molecule has 98 valence electrons. The highest BCUT2D eigenvalue weighted by atomic mass is 32.2. The molecule has 2 heterocycles. The molecule has 2 aromatic heterocycles. The van der Waals surface area contributed by atoms with Crippen LogP contribution in [-0.2, 0) is 11.5 Å². The number of fused-ring (bicyclic) bond motifs is 1. The second-order valence-corrected chi connectivity index (χ2v) is 4.40. The molecule has 0 aliphatic rings. The first-order valence-electron chi connectivity index (χ1n) is 5.33. The molecule has 7 nitrogen and oxygen atoms in total. The number of aliphatic hydroxyl groups is 2. The summed E-state index contributed by atoms with van der Waals surface area (Å²) in [5.41, 5.74) is 0.688. The summed E-state index contributed by atoms with van der Waals surface area (Å²) >= 11 is 1.53. The van der Waals surface area contributed by atoms with Gasteiger partial charge in [-0.05, 0) is 6.26 Å². The lowest BCUT2D eigenvalue weighted by atomic mass is 10.4. The van der Waals surface area contributed by atoms with Crippen molar-refractivity contribution in [2.75, 3.05) is 19.5 Å². The molecule has 1 atom stereocenters. The molecule has 0 amide bonds. The zero-order chi connectivity index (χ0) is 13.0. The first-order valence-corrected chi connectivity index (χ1v) is 6.56. The molecular weight excluding hydrogens is 256 g/mol. The molecule has 0 radical (unpaired) electrons. The second-order valence-electron chi connectivity index (χ2n) is 3.60. The first-order chi connectivity index (χ1) is 8.76. The van der Waals surface area contributed by atoms with E-state index in [1.807, 2.05) is 6.26 Å². The van der Waals surface area contributed by atoms with Crippen molar-refractivity contribution in [1.82, 2.24) is 19.7 Å². The largest absolute Gasteiger partial charge is 0.394 e. The van der Waals surface area contributed by atoms with Crippen LogP contribution in [0.5, 0.6) is 0 Å². The minimum Gasteiger partial charge on any atom is -0.394 e. The fourth-order valence-electron chi connectivity index (χ4n) is 1.46. The Balaban J connectivity index is 2.10. The van der Waals surface area contributed by atoms with Gasteiger partial charge in [-0.3, -0.25) is 0 Å². The lowest BCUT2D eigenvalue weighted by Gasteiger charge is -2.08. The zero-order valence-electron chi connectivity index (χ0n) is 9.85. The summed E-state index contributed by atoms with van der Waals surface area (Å²) in [5.74, 6) is 0. The lowest BCUT2D eigenvalue weighted by molar-refractivity contribution is -0.0194. The van der Waals surface area contributed by atoms with Gasteiger partial charge in [0.15, 0.2) is 5.65 Å². The Kier molecular flexibility index (Phi) is 4.48. The van der Waals surface area contributed by atoms with E-state index >= 15 is 0 Å². The highest BCUT2D eigenvalue weighted by molar-refractivity contribution is 7.98. The van der Waals surface area contributed by atoms with Crippen LogP contribution in [0.15, 0.2) is 17.6 Å². The number of nitrogens with zero attached hydrogens (tertiary/aromatic N) is 4. The Labute approximate surface area is 108 Å². The van der Waals surface area contributed by atoms with Gasteiger partial charge in [0, 0.05) is 0 Å². The summed E-state index contributed by atoms with van der Waals surface area (Å²) in [4.78, 5) is 8.30. The molecule has 18 heavy (non-hydrogen) atoms. The lowest BCUT2D eigenvalue weighted by Crippen LogP contribution is -2.20. The molecule has 1 unspecified atom stereocenters. The van der Waals surface area contributed by atoms with E-state index in [2.05, 4.69) is 15.1 Å². The van der Waals surface area contributed by atoms with E-state index in [1.165, 1.54) is 18.1 Å². The molecule has 0 aromatic carbocycles. The standard InChI is InChI=1S/C10H14N4O3S/c1-18-10-8-2-13-14(9(8)11-5-12-10)6-17-4-7(16)3-15/h2,5,7,15-16H,3-4,6H2,1H3. The third kappa shape index (κ3) is 2.78. The van der Waals surface area contributed by atoms with Crippen molar-refractivity contribution in [2.24, 2.45) is 0 Å². The second kappa shape index (κ2) is 6.10. The summed E-state index contributed by atoms with van der Waals surface area (Å²) in [6, 6.07) is 0. The van der Waals surface area contributed by atoms with Crippen molar-refractivity contribution in [3.05, 3.63) is 12.5 Å². The molecule has 8 heteroatoms. The summed E-state index contributed by atoms with van der Waals surface area (Å²) in [7, 11) is 0. The molecule has 0 aliphatic heterocycles. The predicted molar refractivity (Wildman–Crippen MR) is 66.1 cm³/mol. The number of hydrogen-bond donors (Lipinski definition) is 2. The Morgan fingerprint density at radius 1 is 1.50 bits per heavy atom. The molecule has 2 N–H and O–H groups in total. The van der Waals surface area contributed by atoms with Crippen molar-refractivity contribution in [2.45, 2.75) is 17.9 Å². The molecule has 2 aromatic rings. The maximum absolute atomic E-state index is 9.15. The molecular formula is C10H14N4O3S. The zero-order valence-corrected chi connectivity index (χ0v) is 10.7. The van der Waals surface area contributed by atoms with Crippen LogP contribution in [0.1, 0.15) is 0 Å². The van der Waals surface area contributed by atoms with Gasteiger partial charge in [0.25, 0.3) is 0 Å². The third-order valence-electron chi connectivity index (χ3n) is 2.32. The Hall–Kier alpha value is -1.22. The normalized spacial score (nSPS) is 13.1. The van der Waals surface area contributed by atoms with E-state index in [0.717, 1.165) is 10.4 Å². The Bertz CT molecular complexity index is 519. The number of rotatable bonds is 6. The van der Waals surface area contributed by atoms with Gasteiger partial charge in [-0.1, -0.05) is 0 Å². The number of thioether (sulfide) groups is 1. The van der Waals surface area contributed by atoms with Gasteiger partial charge in [0.05, 0.1) is 24.8 Å². The molecule has 0 saturated carbocycles. The van der Waals surface area contributed by atoms with Crippen LogP contribution in [0.3, 0.4) is 0 Å². The third-order valence-corrected chi connectivity index (χ3v) is 3.04. The minimum absolute atomic E-state index is 0.0539. The molecule has 0 fully saturated rings. The van der Waals surface area contributed by atoms with E-state index in [0.29, 0.717) is 5.65 Å². The number of ether oxygens (including phenoxy) is 1. The average molecular weight is 270 g/mol. The number of aromatic nitrogens is 4. The van der Waals surface area contributed by atoms with Gasteiger partial charge in [-0.25, -0.2) is 14.6 Å². The SMILES string of the molecule is CSc1ncnc2c1cnn2COCC(O)CO.